The molecule has 2 aromatic carbocycles. The van der Waals surface area contributed by atoms with Crippen LogP contribution in [0.3, 0.4) is 0 Å². The molecule has 0 spiro atoms. The van der Waals surface area contributed by atoms with Gasteiger partial charge < -0.3 is 5.32 Å². The van der Waals surface area contributed by atoms with E-state index in [1.54, 1.807) is 4.90 Å². The number of nitrogens with one attached hydrogen (secondary N) is 1. The molecule has 0 radical (unpaired) electrons. The van der Waals surface area contributed by atoms with E-state index in [1.807, 2.05) is 37.3 Å². The molecular formula is C23H28F3N3O3S. The van der Waals surface area contributed by atoms with E-state index in [2.05, 4.69) is 5.32 Å². The molecule has 33 heavy (non-hydrogen) atoms. The highest BCUT2D eigenvalue weighted by Crippen LogP contribution is 2.35. The molecule has 1 aliphatic rings. The number of carbonyl (C=O) groups excluding carboxylic acids is 1. The van der Waals surface area contributed by atoms with E-state index in [0.29, 0.717) is 0 Å². The number of carbonyl (C=O) groups is 1. The summed E-state index contributed by atoms with van der Waals surface area (Å²) < 4.78 is 66.6. The van der Waals surface area contributed by atoms with Crippen LogP contribution in [0, 0.1) is 0 Å². The Kier molecular flexibility index (Phi) is 8.14. The second kappa shape index (κ2) is 10.7. The van der Waals surface area contributed by atoms with Gasteiger partial charge in [0.15, 0.2) is 0 Å². The average Bonchev–Trinajstić information content (AvgIpc) is 2.78. The van der Waals surface area contributed by atoms with Gasteiger partial charge in [0, 0.05) is 32.2 Å². The van der Waals surface area contributed by atoms with Gasteiger partial charge in [0.2, 0.25) is 15.9 Å². The highest BCUT2D eigenvalue weighted by Gasteiger charge is 2.39. The number of alkyl halides is 3. The van der Waals surface area contributed by atoms with Crippen LogP contribution in [-0.2, 0) is 27.4 Å². The van der Waals surface area contributed by atoms with Crippen LogP contribution in [0.2, 0.25) is 0 Å². The van der Waals surface area contributed by atoms with Crippen LogP contribution >= 0.6 is 0 Å². The Bertz CT molecular complexity index is 1040. The maximum Gasteiger partial charge on any atom is 0.417 e. The van der Waals surface area contributed by atoms with Crippen molar-refractivity contribution in [2.45, 2.75) is 36.9 Å². The minimum Gasteiger partial charge on any atom is -0.353 e. The third kappa shape index (κ3) is 6.78. The summed E-state index contributed by atoms with van der Waals surface area (Å²) >= 11 is 0. The molecule has 6 nitrogen and oxygen atoms in total. The monoisotopic (exact) mass is 483 g/mol. The molecule has 0 aliphatic carbocycles. The highest BCUT2D eigenvalue weighted by atomic mass is 32.2. The van der Waals surface area contributed by atoms with Crippen molar-refractivity contribution in [1.82, 2.24) is 14.5 Å². The van der Waals surface area contributed by atoms with Gasteiger partial charge in [-0.25, -0.2) is 8.42 Å². The summed E-state index contributed by atoms with van der Waals surface area (Å²) in [5.41, 5.74) is 0.0272. The van der Waals surface area contributed by atoms with Crippen molar-refractivity contribution in [3.8, 4) is 0 Å². The van der Waals surface area contributed by atoms with E-state index in [0.717, 1.165) is 29.3 Å². The summed E-state index contributed by atoms with van der Waals surface area (Å²) in [5, 5.41) is 2.95. The van der Waals surface area contributed by atoms with Crippen molar-refractivity contribution in [1.29, 1.82) is 0 Å². The molecule has 0 bridgehead atoms. The number of hydrogen-bond donors (Lipinski definition) is 1. The minimum absolute atomic E-state index is 0.0155. The van der Waals surface area contributed by atoms with Crippen LogP contribution in [0.15, 0.2) is 59.5 Å². The number of sulfonamides is 1. The third-order valence-electron chi connectivity index (χ3n) is 5.62. The average molecular weight is 484 g/mol. The van der Waals surface area contributed by atoms with E-state index >= 15 is 0 Å². The van der Waals surface area contributed by atoms with Gasteiger partial charge >= 0.3 is 6.18 Å². The maximum absolute atomic E-state index is 13.3. The lowest BCUT2D eigenvalue weighted by atomic mass is 10.1. The van der Waals surface area contributed by atoms with Gasteiger partial charge in [0.25, 0.3) is 0 Å². The first-order valence-corrected chi connectivity index (χ1v) is 12.2. The van der Waals surface area contributed by atoms with Crippen LogP contribution < -0.4 is 5.32 Å². The Labute approximate surface area is 192 Å². The van der Waals surface area contributed by atoms with Crippen molar-refractivity contribution >= 4 is 15.9 Å². The lowest BCUT2D eigenvalue weighted by molar-refractivity contribution is -0.140. The molecule has 0 unspecified atom stereocenters. The molecule has 180 valence electrons. The van der Waals surface area contributed by atoms with Crippen LogP contribution in [0.5, 0.6) is 0 Å². The molecular weight excluding hydrogens is 455 g/mol. The second-order valence-electron chi connectivity index (χ2n) is 8.17. The van der Waals surface area contributed by atoms with Gasteiger partial charge in [0.05, 0.1) is 17.0 Å². The largest absolute Gasteiger partial charge is 0.417 e. The summed E-state index contributed by atoms with van der Waals surface area (Å²) in [4.78, 5) is 13.4. The number of rotatable bonds is 8. The molecule has 1 amide bonds. The third-order valence-corrected chi connectivity index (χ3v) is 7.58. The van der Waals surface area contributed by atoms with Crippen LogP contribution in [0.25, 0.3) is 0 Å². The fourth-order valence-corrected chi connectivity index (χ4v) is 5.45. The summed E-state index contributed by atoms with van der Waals surface area (Å²) in [6.07, 6.45) is -3.13. The standard InChI is InChI=1S/C23H28F3N3O3S/c1-18(11-12-19-7-3-2-4-8-19)27-22(30)17-28-13-15-29(16-14-28)33(31,32)21-10-6-5-9-20(21)23(24,25)26/h2-10,18H,11-17H2,1H3,(H,27,30)/t18-/m1/s1. The first-order valence-electron chi connectivity index (χ1n) is 10.8. The zero-order valence-corrected chi connectivity index (χ0v) is 19.2. The Morgan fingerprint density at radius 1 is 1.00 bits per heavy atom. The fourth-order valence-electron chi connectivity index (χ4n) is 3.82. The number of hydrogen-bond acceptors (Lipinski definition) is 4. The number of aryl methyl sites for hydroxylation is 1. The Hall–Kier alpha value is -2.43. The molecule has 1 saturated heterocycles. The van der Waals surface area contributed by atoms with Gasteiger partial charge in [-0.15, -0.1) is 0 Å². The molecule has 0 aromatic heterocycles. The summed E-state index contributed by atoms with van der Waals surface area (Å²) in [7, 11) is -4.29. The van der Waals surface area contributed by atoms with Gasteiger partial charge in [-0.1, -0.05) is 42.5 Å². The Balaban J connectivity index is 1.50. The van der Waals surface area contributed by atoms with Gasteiger partial charge in [0.1, 0.15) is 0 Å². The summed E-state index contributed by atoms with van der Waals surface area (Å²) in [6.45, 7) is 2.61. The van der Waals surface area contributed by atoms with Crippen LogP contribution in [-0.4, -0.2) is 62.3 Å². The van der Waals surface area contributed by atoms with Crippen LogP contribution in [0.1, 0.15) is 24.5 Å². The van der Waals surface area contributed by atoms with Gasteiger partial charge in [-0.3, -0.25) is 9.69 Å². The highest BCUT2D eigenvalue weighted by molar-refractivity contribution is 7.89. The van der Waals surface area contributed by atoms with E-state index in [9.17, 15) is 26.4 Å². The predicted octanol–water partition coefficient (Wildman–Crippen LogP) is 3.15. The lowest BCUT2D eigenvalue weighted by Gasteiger charge is -2.34. The molecule has 0 saturated carbocycles. The number of nitrogens with zero attached hydrogens (tertiary/aromatic N) is 2. The molecule has 1 fully saturated rings. The summed E-state index contributed by atoms with van der Waals surface area (Å²) in [5.74, 6) is -0.158. The zero-order valence-electron chi connectivity index (χ0n) is 18.4. The topological polar surface area (TPSA) is 69.7 Å². The quantitative estimate of drug-likeness (QED) is 0.627. The minimum atomic E-state index is -4.76. The number of amides is 1. The molecule has 1 atom stereocenters. The van der Waals surface area contributed by atoms with E-state index in [1.165, 1.54) is 17.7 Å². The smallest absolute Gasteiger partial charge is 0.353 e. The lowest BCUT2D eigenvalue weighted by Crippen LogP contribution is -2.51. The SMILES string of the molecule is C[C@H](CCc1ccccc1)NC(=O)CN1CCN(S(=O)(=O)c2ccccc2C(F)(F)F)CC1. The van der Waals surface area contributed by atoms with Crippen molar-refractivity contribution in [2.75, 3.05) is 32.7 Å². The molecule has 1 heterocycles. The summed E-state index contributed by atoms with van der Waals surface area (Å²) in [6, 6.07) is 14.2. The van der Waals surface area contributed by atoms with Crippen molar-refractivity contribution in [3.05, 3.63) is 65.7 Å². The number of piperazine rings is 1. The first-order chi connectivity index (χ1) is 15.6. The molecule has 10 heteroatoms. The first kappa shape index (κ1) is 25.2. The Morgan fingerprint density at radius 2 is 1.61 bits per heavy atom. The number of benzene rings is 2. The molecule has 2 aromatic rings. The Morgan fingerprint density at radius 3 is 2.24 bits per heavy atom. The van der Waals surface area contributed by atoms with Crippen molar-refractivity contribution < 1.29 is 26.4 Å². The van der Waals surface area contributed by atoms with E-state index in [4.69, 9.17) is 0 Å². The van der Waals surface area contributed by atoms with Gasteiger partial charge in [-0.2, -0.15) is 17.5 Å². The number of halogens is 3. The maximum atomic E-state index is 13.3. The van der Waals surface area contributed by atoms with E-state index in [-0.39, 0.29) is 44.7 Å². The fraction of sp³-hybridized carbons (Fsp3) is 0.435. The van der Waals surface area contributed by atoms with Crippen molar-refractivity contribution in [3.63, 3.8) is 0 Å². The van der Waals surface area contributed by atoms with Crippen molar-refractivity contribution in [2.24, 2.45) is 0 Å². The molecule has 1 aliphatic heterocycles. The normalized spacial score (nSPS) is 17.0. The van der Waals surface area contributed by atoms with E-state index < -0.39 is 26.7 Å². The van der Waals surface area contributed by atoms with Gasteiger partial charge in [-0.05, 0) is 37.5 Å². The molecule has 3 rings (SSSR count). The van der Waals surface area contributed by atoms with Crippen LogP contribution in [0.4, 0.5) is 13.2 Å². The zero-order chi connectivity index (χ0) is 24.1. The predicted molar refractivity (Wildman–Crippen MR) is 119 cm³/mol. The molecule has 1 N–H and O–H groups in total. The second-order valence-corrected chi connectivity index (χ2v) is 10.1.